The number of nitro benzene ring substituents is 1. The van der Waals surface area contributed by atoms with Crippen molar-refractivity contribution in [3.63, 3.8) is 0 Å². The number of fused-ring (bicyclic) bond motifs is 4. The van der Waals surface area contributed by atoms with E-state index in [0.717, 1.165) is 80.0 Å². The number of phosphoric ester groups is 1. The Hall–Kier alpha value is -5.88. The number of hydrogen-bond acceptors (Lipinski definition) is 17. The van der Waals surface area contributed by atoms with Crippen molar-refractivity contribution in [2.24, 2.45) is 11.3 Å². The van der Waals surface area contributed by atoms with Crippen molar-refractivity contribution >= 4 is 63.2 Å². The van der Waals surface area contributed by atoms with Crippen molar-refractivity contribution in [3.8, 4) is 11.6 Å². The van der Waals surface area contributed by atoms with Gasteiger partial charge in [-0.25, -0.2) is 17.7 Å². The Kier molecular flexibility index (Phi) is 14.2. The Bertz CT molecular complexity index is 3360. The maximum atomic E-state index is 14.9. The number of rotatable bonds is 12. The number of nitrogens with zero attached hydrogens (tertiary/aromatic N) is 5. The second-order valence-electron chi connectivity index (χ2n) is 23.7. The van der Waals surface area contributed by atoms with Crippen LogP contribution in [0.5, 0.6) is 11.6 Å². The average Bonchev–Trinajstić information content (AvgIpc) is 3.90. The lowest BCUT2D eigenvalue weighted by Crippen LogP contribution is -2.56. The van der Waals surface area contributed by atoms with E-state index >= 15 is 0 Å². The largest absolute Gasteiger partial charge is 0.489 e. The molecular weight excluding hydrogens is 1070 g/mol. The molecule has 24 heteroatoms. The second kappa shape index (κ2) is 20.8. The molecule has 80 heavy (non-hydrogen) atoms. The van der Waals surface area contributed by atoms with Crippen LogP contribution in [0.3, 0.4) is 0 Å². The molecule has 22 nitrogen and oxygen atoms in total. The first kappa shape index (κ1) is 54.7. The number of benzene rings is 3. The van der Waals surface area contributed by atoms with Gasteiger partial charge in [0, 0.05) is 68.3 Å². The lowest BCUT2D eigenvalue weighted by Gasteiger charge is -2.56. The van der Waals surface area contributed by atoms with Crippen LogP contribution < -0.4 is 29.3 Å². The third-order valence-electron chi connectivity index (χ3n) is 18.0. The van der Waals surface area contributed by atoms with E-state index in [1.54, 1.807) is 19.2 Å². The van der Waals surface area contributed by atoms with E-state index in [0.29, 0.717) is 80.9 Å². The normalized spacial score (nSPS) is 26.4. The van der Waals surface area contributed by atoms with E-state index in [-0.39, 0.29) is 53.6 Å². The van der Waals surface area contributed by atoms with Crippen molar-refractivity contribution in [2.75, 3.05) is 67.8 Å². The fraction of sp³-hybridized carbons (Fsp3) is 0.536. The molecule has 2 aromatic heterocycles. The number of phosphoric acid groups is 1. The van der Waals surface area contributed by atoms with Crippen LogP contribution >= 0.6 is 7.82 Å². The van der Waals surface area contributed by atoms with Crippen LogP contribution in [0.4, 0.5) is 28.4 Å². The van der Waals surface area contributed by atoms with Gasteiger partial charge in [0.15, 0.2) is 11.4 Å². The van der Waals surface area contributed by atoms with Crippen molar-refractivity contribution < 1.29 is 61.1 Å². The Morgan fingerprint density at radius 2 is 1.71 bits per heavy atom. The summed E-state index contributed by atoms with van der Waals surface area (Å²) in [5.74, 6) is -0.806. The minimum absolute atomic E-state index is 0.0113. The van der Waals surface area contributed by atoms with Gasteiger partial charge in [-0.2, -0.15) is 4.98 Å². The molecule has 5 fully saturated rings. The second-order valence-corrected chi connectivity index (χ2v) is 26.5. The average molecular weight is 1140 g/mol. The number of nitrogens with one attached hydrogen (secondary N) is 3. The first-order valence-corrected chi connectivity index (χ1v) is 30.8. The van der Waals surface area contributed by atoms with Crippen LogP contribution in [0, 0.1) is 21.4 Å². The van der Waals surface area contributed by atoms with E-state index in [4.69, 9.17) is 28.5 Å². The third kappa shape index (κ3) is 10.6. The van der Waals surface area contributed by atoms with Crippen molar-refractivity contribution in [1.29, 1.82) is 0 Å². The number of ether oxygens (including phenoxy) is 4. The first-order valence-electron chi connectivity index (χ1n) is 27.7. The summed E-state index contributed by atoms with van der Waals surface area (Å²) >= 11 is 0. The fourth-order valence-electron chi connectivity index (χ4n) is 13.8. The van der Waals surface area contributed by atoms with Gasteiger partial charge < -0.3 is 53.9 Å². The molecule has 7 aliphatic rings. The van der Waals surface area contributed by atoms with Crippen molar-refractivity contribution in [3.05, 3.63) is 99.7 Å². The predicted octanol–water partition coefficient (Wildman–Crippen LogP) is 7.95. The highest BCUT2D eigenvalue weighted by molar-refractivity contribution is 7.90. The van der Waals surface area contributed by atoms with Gasteiger partial charge in [-0.1, -0.05) is 24.3 Å². The molecule has 2 aliphatic carbocycles. The summed E-state index contributed by atoms with van der Waals surface area (Å²) in [5.41, 5.74) is 2.10. The number of aromatic nitrogens is 2. The minimum atomic E-state index is -4.80. The molecule has 1 amide bonds. The van der Waals surface area contributed by atoms with Crippen LogP contribution in [-0.4, -0.2) is 132 Å². The molecule has 5 aliphatic heterocycles. The lowest BCUT2D eigenvalue weighted by atomic mass is 9.59. The molecule has 2 saturated carbocycles. The highest BCUT2D eigenvalue weighted by Gasteiger charge is 2.50. The molecule has 3 aromatic carbocycles. The number of H-pyrrole nitrogens is 1. The Morgan fingerprint density at radius 3 is 2.46 bits per heavy atom. The molecule has 0 unspecified atom stereocenters. The van der Waals surface area contributed by atoms with Crippen LogP contribution in [0.2, 0.25) is 0 Å². The summed E-state index contributed by atoms with van der Waals surface area (Å²) < 4.78 is 72.6. The van der Waals surface area contributed by atoms with Gasteiger partial charge in [0.05, 0.1) is 63.6 Å². The fourth-order valence-corrected chi connectivity index (χ4v) is 15.5. The van der Waals surface area contributed by atoms with E-state index in [1.165, 1.54) is 6.07 Å². The van der Waals surface area contributed by atoms with Gasteiger partial charge in [0.25, 0.3) is 21.6 Å². The Balaban J connectivity index is 0.815. The number of piperidine rings is 1. The van der Waals surface area contributed by atoms with Crippen LogP contribution in [0.15, 0.2) is 77.8 Å². The number of carbonyl (C=O) groups excluding carboxylic acids is 1. The smallest absolute Gasteiger partial charge is 0.470 e. The standard InChI is InChI=1S/C56H69N8O14PS/c1-54(2,66)41-8-5-4-7-39(41)47-32-74-23-6-20-62(47)37-29-56(30-37)17-21-61(22-18-56)36-9-10-40(44(26-36)63-43-14-24-75-33-49(43)77-53-46(63)25-35-13-19-57-51(35)59-53)52(65)60-80(72,73)38-27-45(64(67)68)50-48(28-38)76-31-42(58-50)34-11-15-55(3,16-12-34)78-79(69,70)71/h4-5,7-10,13,19,25-28,34,37,42-43,47,49,58,66H,6,11-12,14-18,20-24,29-33H2,1-3H3,(H,57,59)(H,60,65)(H2,69,70,71)/t34?,42-,43+,47+,49+,55?/m1/s1. The molecule has 5 aromatic rings. The molecule has 0 radical (unpaired) electrons. The van der Waals surface area contributed by atoms with Crippen LogP contribution in [-0.2, 0) is 34.2 Å². The lowest BCUT2D eigenvalue weighted by molar-refractivity contribution is -0.384. The summed E-state index contributed by atoms with van der Waals surface area (Å²) in [7, 11) is -9.53. The van der Waals surface area contributed by atoms with E-state index < -0.39 is 62.6 Å². The number of aromatic amines is 1. The molecule has 3 saturated heterocycles. The summed E-state index contributed by atoms with van der Waals surface area (Å²) in [4.78, 5) is 60.2. The molecule has 1 spiro atoms. The number of hydrogen-bond donors (Lipinski definition) is 6. The number of nitro groups is 1. The topological polar surface area (TPSA) is 281 Å². The van der Waals surface area contributed by atoms with Crippen molar-refractivity contribution in [1.82, 2.24) is 19.6 Å². The summed E-state index contributed by atoms with van der Waals surface area (Å²) in [5, 5.41) is 27.9. The molecular formula is C56H69N8O14PS. The SMILES string of the molecule is CC1(OP(=O)(O)O)CCC([C@H]2COc3cc(S(=O)(=O)NC(=O)c4ccc(N5CCC6(CC5)CC(N5CCCOC[C@H]5c5ccccc5C(C)(C)O)C6)cc4N4c5cc6cc[nH]c6nc5O[C@H]5COCC[C@@H]54)cc([N+](=O)[O-])c3N2)CC1. The van der Waals surface area contributed by atoms with Gasteiger partial charge in [0.2, 0.25) is 5.88 Å². The maximum absolute atomic E-state index is 14.9. The number of carbonyl (C=O) groups is 1. The monoisotopic (exact) mass is 1140 g/mol. The van der Waals surface area contributed by atoms with Gasteiger partial charge in [-0.3, -0.25) is 24.3 Å². The predicted molar refractivity (Wildman–Crippen MR) is 296 cm³/mol. The molecule has 428 valence electrons. The molecule has 0 bridgehead atoms. The number of aliphatic hydroxyl groups is 1. The van der Waals surface area contributed by atoms with Gasteiger partial charge >= 0.3 is 7.82 Å². The van der Waals surface area contributed by atoms with E-state index in [1.807, 2.05) is 61.2 Å². The molecule has 12 rings (SSSR count). The maximum Gasteiger partial charge on any atom is 0.470 e. The zero-order chi connectivity index (χ0) is 55.9. The minimum Gasteiger partial charge on any atom is -0.489 e. The van der Waals surface area contributed by atoms with Gasteiger partial charge in [-0.05, 0) is 138 Å². The summed E-state index contributed by atoms with van der Waals surface area (Å²) in [6.07, 6.45) is 8.41. The van der Waals surface area contributed by atoms with E-state index in [9.17, 15) is 42.8 Å². The van der Waals surface area contributed by atoms with Gasteiger partial charge in [-0.15, -0.1) is 0 Å². The zero-order valence-electron chi connectivity index (χ0n) is 45.0. The first-order chi connectivity index (χ1) is 38.1. The number of sulfonamides is 1. The van der Waals surface area contributed by atoms with Crippen LogP contribution in [0.1, 0.15) is 113 Å². The van der Waals surface area contributed by atoms with Crippen LogP contribution in [0.25, 0.3) is 11.0 Å². The Labute approximate surface area is 463 Å². The molecule has 4 atom stereocenters. The third-order valence-corrected chi connectivity index (χ3v) is 20.0. The van der Waals surface area contributed by atoms with E-state index in [2.05, 4.69) is 30.9 Å². The summed E-state index contributed by atoms with van der Waals surface area (Å²) in [6, 6.07) is 19.2. The number of pyridine rings is 1. The highest BCUT2D eigenvalue weighted by Crippen LogP contribution is 2.55. The summed E-state index contributed by atoms with van der Waals surface area (Å²) in [6.45, 7) is 9.72. The molecule has 6 N–H and O–H groups in total. The zero-order valence-corrected chi connectivity index (χ0v) is 46.8. The number of amides is 1. The van der Waals surface area contributed by atoms with Crippen molar-refractivity contribution in [2.45, 2.75) is 131 Å². The van der Waals surface area contributed by atoms with Gasteiger partial charge in [0.1, 0.15) is 24.0 Å². The highest BCUT2D eigenvalue weighted by atomic mass is 32.2. The molecule has 7 heterocycles. The quantitative estimate of drug-likeness (QED) is 0.0393. The number of anilines is 4. The Morgan fingerprint density at radius 1 is 0.950 bits per heavy atom.